The van der Waals surface area contributed by atoms with Crippen LogP contribution >= 0.6 is 0 Å². The lowest BCUT2D eigenvalue weighted by molar-refractivity contribution is 0.102. The molecule has 6 heteroatoms. The molecule has 0 saturated heterocycles. The van der Waals surface area contributed by atoms with E-state index in [1.54, 1.807) is 37.3 Å². The summed E-state index contributed by atoms with van der Waals surface area (Å²) in [6.07, 6.45) is 0. The summed E-state index contributed by atoms with van der Waals surface area (Å²) in [6, 6.07) is 19.8. The van der Waals surface area contributed by atoms with Crippen molar-refractivity contribution in [1.82, 2.24) is 9.97 Å². The highest BCUT2D eigenvalue weighted by Gasteiger charge is 2.11. The van der Waals surface area contributed by atoms with E-state index in [0.29, 0.717) is 22.9 Å². The van der Waals surface area contributed by atoms with Gasteiger partial charge in [0.05, 0.1) is 11.6 Å². The van der Waals surface area contributed by atoms with E-state index in [0.717, 1.165) is 5.69 Å². The Labute approximate surface area is 145 Å². The van der Waals surface area contributed by atoms with Crippen LogP contribution in [0.25, 0.3) is 0 Å². The highest BCUT2D eigenvalue weighted by molar-refractivity contribution is 6.03. The van der Waals surface area contributed by atoms with Crippen LogP contribution in [0.1, 0.15) is 21.7 Å². The van der Waals surface area contributed by atoms with Crippen LogP contribution in [0.4, 0.5) is 17.3 Å². The molecule has 2 aromatic carbocycles. The molecule has 1 amide bonds. The molecule has 0 radical (unpaired) electrons. The Morgan fingerprint density at radius 2 is 1.76 bits per heavy atom. The van der Waals surface area contributed by atoms with E-state index < -0.39 is 0 Å². The fraction of sp³-hybridized carbons (Fsp3) is 0.0526. The second-order valence-corrected chi connectivity index (χ2v) is 5.36. The predicted octanol–water partition coefficient (Wildman–Crippen LogP) is 3.65. The van der Waals surface area contributed by atoms with Crippen LogP contribution in [0.3, 0.4) is 0 Å². The maximum absolute atomic E-state index is 12.5. The molecule has 0 bridgehead atoms. The monoisotopic (exact) mass is 329 g/mol. The van der Waals surface area contributed by atoms with Gasteiger partial charge in [0.15, 0.2) is 0 Å². The summed E-state index contributed by atoms with van der Waals surface area (Å²) >= 11 is 0. The first-order valence-corrected chi connectivity index (χ1v) is 7.63. The van der Waals surface area contributed by atoms with Gasteiger partial charge < -0.3 is 10.6 Å². The van der Waals surface area contributed by atoms with E-state index in [1.165, 1.54) is 0 Å². The molecule has 1 heterocycles. The largest absolute Gasteiger partial charge is 0.324 e. The molecule has 0 fully saturated rings. The van der Waals surface area contributed by atoms with E-state index in [9.17, 15) is 4.79 Å². The number of carbonyl (C=O) groups excluding carboxylic acids is 1. The number of anilines is 3. The quantitative estimate of drug-likeness (QED) is 0.762. The number of benzene rings is 2. The Balaban J connectivity index is 1.81. The minimum Gasteiger partial charge on any atom is -0.324 e. The summed E-state index contributed by atoms with van der Waals surface area (Å²) in [5, 5.41) is 14.8. The molecule has 0 saturated carbocycles. The topological polar surface area (TPSA) is 90.7 Å². The molecule has 1 aromatic heterocycles. The molecular weight excluding hydrogens is 314 g/mol. The van der Waals surface area contributed by atoms with Crippen LogP contribution in [0.2, 0.25) is 0 Å². The van der Waals surface area contributed by atoms with E-state index >= 15 is 0 Å². The number of amides is 1. The van der Waals surface area contributed by atoms with Crippen LogP contribution in [0, 0.1) is 18.3 Å². The lowest BCUT2D eigenvalue weighted by atomic mass is 10.2. The molecule has 0 spiro atoms. The number of carbonyl (C=O) groups is 1. The molecule has 0 unspecified atom stereocenters. The zero-order chi connectivity index (χ0) is 17.6. The number of hydrogen-bond donors (Lipinski definition) is 2. The van der Waals surface area contributed by atoms with Gasteiger partial charge in [0.2, 0.25) is 5.95 Å². The minimum atomic E-state index is -0.364. The third-order valence-corrected chi connectivity index (χ3v) is 3.37. The van der Waals surface area contributed by atoms with Gasteiger partial charge in [-0.05, 0) is 43.3 Å². The Morgan fingerprint density at radius 3 is 2.52 bits per heavy atom. The number of para-hydroxylation sites is 1. The first-order valence-electron chi connectivity index (χ1n) is 7.63. The average molecular weight is 329 g/mol. The lowest BCUT2D eigenvalue weighted by Gasteiger charge is -2.09. The lowest BCUT2D eigenvalue weighted by Crippen LogP contribution is -2.15. The number of nitriles is 1. The Bertz CT molecular complexity index is 948. The standard InChI is InChI=1S/C19H15N5O/c1-13-10-17(18(25)22-16-9-5-6-14(11-16)12-20)24-19(21-13)23-15-7-3-2-4-8-15/h2-11H,1H3,(H,22,25)(H,21,23,24). The highest BCUT2D eigenvalue weighted by Crippen LogP contribution is 2.15. The zero-order valence-electron chi connectivity index (χ0n) is 13.5. The fourth-order valence-electron chi connectivity index (χ4n) is 2.25. The van der Waals surface area contributed by atoms with E-state index in [4.69, 9.17) is 5.26 Å². The van der Waals surface area contributed by atoms with Crippen molar-refractivity contribution in [2.45, 2.75) is 6.92 Å². The van der Waals surface area contributed by atoms with Gasteiger partial charge in [0.1, 0.15) is 5.69 Å². The van der Waals surface area contributed by atoms with Gasteiger partial charge in [0, 0.05) is 17.1 Å². The number of aromatic nitrogens is 2. The highest BCUT2D eigenvalue weighted by atomic mass is 16.1. The van der Waals surface area contributed by atoms with Gasteiger partial charge in [-0.2, -0.15) is 5.26 Å². The van der Waals surface area contributed by atoms with E-state index in [-0.39, 0.29) is 11.6 Å². The molecule has 25 heavy (non-hydrogen) atoms. The van der Waals surface area contributed by atoms with Crippen molar-refractivity contribution < 1.29 is 4.79 Å². The fourth-order valence-corrected chi connectivity index (χ4v) is 2.25. The van der Waals surface area contributed by atoms with Crippen molar-refractivity contribution in [3.63, 3.8) is 0 Å². The van der Waals surface area contributed by atoms with Crippen molar-refractivity contribution in [2.24, 2.45) is 0 Å². The predicted molar refractivity (Wildman–Crippen MR) is 95.6 cm³/mol. The van der Waals surface area contributed by atoms with Gasteiger partial charge in [-0.1, -0.05) is 24.3 Å². The second kappa shape index (κ2) is 7.23. The van der Waals surface area contributed by atoms with Crippen molar-refractivity contribution in [1.29, 1.82) is 5.26 Å². The summed E-state index contributed by atoms with van der Waals surface area (Å²) < 4.78 is 0. The van der Waals surface area contributed by atoms with Crippen molar-refractivity contribution in [3.8, 4) is 6.07 Å². The Hall–Kier alpha value is -3.72. The number of nitrogens with zero attached hydrogens (tertiary/aromatic N) is 3. The van der Waals surface area contributed by atoms with Gasteiger partial charge in [0.25, 0.3) is 5.91 Å². The van der Waals surface area contributed by atoms with E-state index in [1.807, 2.05) is 36.4 Å². The molecule has 3 rings (SSSR count). The number of aryl methyl sites for hydroxylation is 1. The van der Waals surface area contributed by atoms with Gasteiger partial charge >= 0.3 is 0 Å². The van der Waals surface area contributed by atoms with Crippen molar-refractivity contribution in [2.75, 3.05) is 10.6 Å². The summed E-state index contributed by atoms with van der Waals surface area (Å²) in [6.45, 7) is 1.80. The Kier molecular flexibility index (Phi) is 4.67. The van der Waals surface area contributed by atoms with Crippen LogP contribution in [-0.4, -0.2) is 15.9 Å². The molecule has 2 N–H and O–H groups in total. The number of rotatable bonds is 4. The van der Waals surface area contributed by atoms with Crippen LogP contribution in [0.15, 0.2) is 60.7 Å². The van der Waals surface area contributed by atoms with Crippen molar-refractivity contribution >= 4 is 23.2 Å². The van der Waals surface area contributed by atoms with Crippen molar-refractivity contribution in [3.05, 3.63) is 77.6 Å². The third kappa shape index (κ3) is 4.18. The minimum absolute atomic E-state index is 0.244. The molecule has 0 aliphatic rings. The van der Waals surface area contributed by atoms with Gasteiger partial charge in [-0.3, -0.25) is 4.79 Å². The smallest absolute Gasteiger partial charge is 0.274 e. The third-order valence-electron chi connectivity index (χ3n) is 3.37. The summed E-state index contributed by atoms with van der Waals surface area (Å²) in [4.78, 5) is 21.0. The molecule has 6 nitrogen and oxygen atoms in total. The summed E-state index contributed by atoms with van der Waals surface area (Å²) in [5.74, 6) is -0.0150. The number of hydrogen-bond acceptors (Lipinski definition) is 5. The first-order chi connectivity index (χ1) is 12.1. The zero-order valence-corrected chi connectivity index (χ0v) is 13.5. The van der Waals surface area contributed by atoms with Crippen LogP contribution in [-0.2, 0) is 0 Å². The molecule has 0 aliphatic heterocycles. The first kappa shape index (κ1) is 16.1. The van der Waals surface area contributed by atoms with Gasteiger partial charge in [-0.25, -0.2) is 9.97 Å². The molecule has 0 atom stereocenters. The molecular formula is C19H15N5O. The summed E-state index contributed by atoms with van der Waals surface area (Å²) in [7, 11) is 0. The molecule has 0 aliphatic carbocycles. The molecule has 122 valence electrons. The Morgan fingerprint density at radius 1 is 1.00 bits per heavy atom. The van der Waals surface area contributed by atoms with E-state index in [2.05, 4.69) is 20.6 Å². The summed E-state index contributed by atoms with van der Waals surface area (Å²) in [5.41, 5.74) is 2.76. The molecule has 3 aromatic rings. The SMILES string of the molecule is Cc1cc(C(=O)Nc2cccc(C#N)c2)nc(Nc2ccccc2)n1. The van der Waals surface area contributed by atoms with Crippen LogP contribution in [0.5, 0.6) is 0 Å². The maximum Gasteiger partial charge on any atom is 0.274 e. The number of nitrogens with one attached hydrogen (secondary N) is 2. The van der Waals surface area contributed by atoms with Crippen LogP contribution < -0.4 is 10.6 Å². The normalized spacial score (nSPS) is 9.92. The second-order valence-electron chi connectivity index (χ2n) is 5.36. The average Bonchev–Trinajstić information content (AvgIpc) is 2.62. The maximum atomic E-state index is 12.5. The van der Waals surface area contributed by atoms with Gasteiger partial charge in [-0.15, -0.1) is 0 Å².